The van der Waals surface area contributed by atoms with Crippen molar-refractivity contribution in [2.45, 2.75) is 54.1 Å². The molecule has 0 radical (unpaired) electrons. The van der Waals surface area contributed by atoms with Crippen molar-refractivity contribution >= 4 is 17.9 Å². The molecule has 0 fully saturated rings. The maximum atomic E-state index is 5.27. The first-order valence-electron chi connectivity index (χ1n) is 4.28. The Morgan fingerprint density at radius 2 is 1.58 bits per heavy atom. The third kappa shape index (κ3) is 16.5. The smallest absolute Gasteiger partial charge is 0.136 e. The highest BCUT2D eigenvalue weighted by molar-refractivity contribution is 7.93. The van der Waals surface area contributed by atoms with Crippen LogP contribution in [0.4, 0.5) is 0 Å². The average molecular weight is 191 g/mol. The standard InChI is InChI=1S/C7H15NOS.C2H6/c1-6(2)8-10-9-7(3,4)5;1-2/h1-5H3;1-2H3. The lowest BCUT2D eigenvalue weighted by molar-refractivity contribution is 0.165. The number of nitrogens with zero attached hydrogens (tertiary/aromatic N) is 1. The Labute approximate surface area is 81.1 Å². The molecular formula is C9H21NOS. The molecule has 0 aromatic rings. The minimum atomic E-state index is -0.108. The van der Waals surface area contributed by atoms with Crippen LogP contribution in [0.2, 0.25) is 0 Å². The summed E-state index contributed by atoms with van der Waals surface area (Å²) in [5.74, 6) is 0. The molecule has 0 aromatic carbocycles. The molecular weight excluding hydrogens is 170 g/mol. The quantitative estimate of drug-likeness (QED) is 0.375. The van der Waals surface area contributed by atoms with Gasteiger partial charge in [-0.1, -0.05) is 13.8 Å². The van der Waals surface area contributed by atoms with E-state index in [4.69, 9.17) is 4.18 Å². The van der Waals surface area contributed by atoms with Crippen LogP contribution in [0.1, 0.15) is 48.5 Å². The molecule has 2 nitrogen and oxygen atoms in total. The molecule has 0 aliphatic carbocycles. The van der Waals surface area contributed by atoms with Gasteiger partial charge in [0.05, 0.1) is 5.60 Å². The van der Waals surface area contributed by atoms with Crippen LogP contribution in [0.5, 0.6) is 0 Å². The fourth-order valence-electron chi connectivity index (χ4n) is 0.205. The van der Waals surface area contributed by atoms with Crippen molar-refractivity contribution in [3.05, 3.63) is 0 Å². The Hall–Kier alpha value is -0.0200. The third-order valence-corrected chi connectivity index (χ3v) is 1.52. The lowest BCUT2D eigenvalue weighted by Crippen LogP contribution is -2.14. The van der Waals surface area contributed by atoms with Crippen molar-refractivity contribution in [2.24, 2.45) is 4.40 Å². The van der Waals surface area contributed by atoms with Crippen LogP contribution in [0.3, 0.4) is 0 Å². The lowest BCUT2D eigenvalue weighted by atomic mass is 10.2. The SMILES string of the molecule is CC.CC(C)=NSOC(C)(C)C. The van der Waals surface area contributed by atoms with Crippen molar-refractivity contribution in [3.63, 3.8) is 0 Å². The number of rotatable bonds is 2. The van der Waals surface area contributed by atoms with E-state index in [-0.39, 0.29) is 5.60 Å². The molecule has 0 unspecified atom stereocenters. The molecule has 12 heavy (non-hydrogen) atoms. The molecule has 0 saturated heterocycles. The van der Waals surface area contributed by atoms with Crippen LogP contribution in [-0.2, 0) is 4.18 Å². The fraction of sp³-hybridized carbons (Fsp3) is 0.889. The molecule has 0 bridgehead atoms. The van der Waals surface area contributed by atoms with Crippen LogP contribution in [0.25, 0.3) is 0 Å². The number of hydrogen-bond acceptors (Lipinski definition) is 3. The van der Waals surface area contributed by atoms with E-state index in [1.165, 1.54) is 0 Å². The highest BCUT2D eigenvalue weighted by Gasteiger charge is 2.09. The zero-order valence-corrected chi connectivity index (χ0v) is 10.1. The summed E-state index contributed by atoms with van der Waals surface area (Å²) in [6, 6.07) is 0. The zero-order chi connectivity index (χ0) is 10.2. The van der Waals surface area contributed by atoms with Crippen LogP contribution in [0.15, 0.2) is 4.40 Å². The van der Waals surface area contributed by atoms with Crippen molar-refractivity contribution in [2.75, 3.05) is 0 Å². The largest absolute Gasteiger partial charge is 0.290 e. The van der Waals surface area contributed by atoms with Crippen LogP contribution < -0.4 is 0 Å². The topological polar surface area (TPSA) is 21.6 Å². The Kier molecular flexibility index (Phi) is 9.21. The summed E-state index contributed by atoms with van der Waals surface area (Å²) in [5.41, 5.74) is 0.915. The minimum Gasteiger partial charge on any atom is -0.290 e. The third-order valence-electron chi connectivity index (χ3n) is 0.507. The first-order valence-corrected chi connectivity index (χ1v) is 4.98. The molecule has 0 N–H and O–H groups in total. The molecule has 0 aromatic heterocycles. The van der Waals surface area contributed by atoms with Crippen molar-refractivity contribution in [3.8, 4) is 0 Å². The highest BCUT2D eigenvalue weighted by atomic mass is 32.2. The second-order valence-corrected chi connectivity index (χ2v) is 3.81. The Bertz CT molecular complexity index is 123. The Morgan fingerprint density at radius 1 is 1.17 bits per heavy atom. The van der Waals surface area contributed by atoms with E-state index in [1.807, 2.05) is 48.5 Å². The second-order valence-electron chi connectivity index (χ2n) is 3.31. The summed E-state index contributed by atoms with van der Waals surface area (Å²) < 4.78 is 9.29. The van der Waals surface area contributed by atoms with Crippen LogP contribution in [0, 0.1) is 0 Å². The minimum absolute atomic E-state index is 0.108. The number of hydrogen-bond donors (Lipinski definition) is 0. The molecule has 0 saturated carbocycles. The van der Waals surface area contributed by atoms with E-state index in [9.17, 15) is 0 Å². The monoisotopic (exact) mass is 191 g/mol. The van der Waals surface area contributed by atoms with Gasteiger partial charge in [-0.2, -0.15) is 4.40 Å². The van der Waals surface area contributed by atoms with E-state index >= 15 is 0 Å². The van der Waals surface area contributed by atoms with Gasteiger partial charge in [-0.15, -0.1) is 0 Å². The van der Waals surface area contributed by atoms with E-state index in [0.717, 1.165) is 17.9 Å². The van der Waals surface area contributed by atoms with Crippen molar-refractivity contribution in [1.82, 2.24) is 0 Å². The molecule has 3 heteroatoms. The summed E-state index contributed by atoms with van der Waals surface area (Å²) >= 11 is 1.16. The fourth-order valence-corrected chi connectivity index (χ4v) is 0.615. The summed E-state index contributed by atoms with van der Waals surface area (Å²) in [4.78, 5) is 0. The average Bonchev–Trinajstić information content (AvgIpc) is 1.88. The Balaban J connectivity index is 0. The van der Waals surface area contributed by atoms with E-state index in [1.54, 1.807) is 0 Å². The molecule has 0 heterocycles. The van der Waals surface area contributed by atoms with Gasteiger partial charge in [0.1, 0.15) is 12.2 Å². The van der Waals surface area contributed by atoms with Gasteiger partial charge in [0.2, 0.25) is 0 Å². The lowest BCUT2D eigenvalue weighted by Gasteiger charge is -2.15. The van der Waals surface area contributed by atoms with Crippen molar-refractivity contribution < 1.29 is 4.18 Å². The predicted molar refractivity (Wildman–Crippen MR) is 58.6 cm³/mol. The van der Waals surface area contributed by atoms with Crippen molar-refractivity contribution in [1.29, 1.82) is 0 Å². The van der Waals surface area contributed by atoms with Gasteiger partial charge in [-0.25, -0.2) is 0 Å². The van der Waals surface area contributed by atoms with Gasteiger partial charge in [0.15, 0.2) is 0 Å². The summed E-state index contributed by atoms with van der Waals surface area (Å²) in [6.07, 6.45) is 0. The van der Waals surface area contributed by atoms with Gasteiger partial charge >= 0.3 is 0 Å². The second kappa shape index (κ2) is 7.62. The van der Waals surface area contributed by atoms with Gasteiger partial charge in [0.25, 0.3) is 0 Å². The maximum Gasteiger partial charge on any atom is 0.136 e. The highest BCUT2D eigenvalue weighted by Crippen LogP contribution is 2.17. The Morgan fingerprint density at radius 3 is 1.83 bits per heavy atom. The predicted octanol–water partition coefficient (Wildman–Crippen LogP) is 3.87. The summed E-state index contributed by atoms with van der Waals surface area (Å²) in [5, 5.41) is 0. The van der Waals surface area contributed by atoms with Gasteiger partial charge in [0, 0.05) is 5.71 Å². The molecule has 0 aliphatic rings. The zero-order valence-electron chi connectivity index (χ0n) is 9.26. The van der Waals surface area contributed by atoms with Crippen LogP contribution >= 0.6 is 12.2 Å². The van der Waals surface area contributed by atoms with Gasteiger partial charge in [-0.3, -0.25) is 4.18 Å². The normalized spacial score (nSPS) is 9.92. The first-order chi connectivity index (χ1) is 5.42. The molecule has 0 atom stereocenters. The van der Waals surface area contributed by atoms with Crippen LogP contribution in [-0.4, -0.2) is 11.3 Å². The molecule has 0 rings (SSSR count). The summed E-state index contributed by atoms with van der Waals surface area (Å²) in [7, 11) is 0. The van der Waals surface area contributed by atoms with E-state index in [2.05, 4.69) is 4.40 Å². The maximum absolute atomic E-state index is 5.27. The molecule has 74 valence electrons. The van der Waals surface area contributed by atoms with E-state index < -0.39 is 0 Å². The van der Waals surface area contributed by atoms with Gasteiger partial charge < -0.3 is 0 Å². The molecule has 0 aliphatic heterocycles. The molecule has 0 amide bonds. The van der Waals surface area contributed by atoms with Gasteiger partial charge in [-0.05, 0) is 34.6 Å². The summed E-state index contributed by atoms with van der Waals surface area (Å²) in [6.45, 7) is 13.9. The van der Waals surface area contributed by atoms with E-state index in [0.29, 0.717) is 0 Å². The first kappa shape index (κ1) is 14.5. The molecule has 0 spiro atoms.